The highest BCUT2D eigenvalue weighted by molar-refractivity contribution is 7.10. The molecule has 0 aromatic carbocycles. The molecule has 0 saturated carbocycles. The Morgan fingerprint density at radius 2 is 2.50 bits per heavy atom. The van der Waals surface area contributed by atoms with Crippen LogP contribution in [0, 0.1) is 0 Å². The third kappa shape index (κ3) is 1.76. The lowest BCUT2D eigenvalue weighted by atomic mass is 9.88. The number of esters is 1. The molecule has 2 atom stereocenters. The largest absolute Gasteiger partial charge is 0.464 e. The summed E-state index contributed by atoms with van der Waals surface area (Å²) >= 11 is 1.63. The molecule has 3 nitrogen and oxygen atoms in total. The molecule has 2 rings (SSSR count). The van der Waals surface area contributed by atoms with E-state index in [4.69, 9.17) is 4.74 Å². The van der Waals surface area contributed by atoms with Crippen LogP contribution in [0.4, 0.5) is 0 Å². The predicted molar refractivity (Wildman–Crippen MR) is 64.6 cm³/mol. The lowest BCUT2D eigenvalue weighted by molar-refractivity contribution is -0.151. The molecule has 0 radical (unpaired) electrons. The second-order valence-electron chi connectivity index (χ2n) is 4.37. The maximum absolute atomic E-state index is 12.0. The van der Waals surface area contributed by atoms with Gasteiger partial charge in [-0.05, 0) is 44.2 Å². The molecule has 1 aromatic heterocycles. The predicted octanol–water partition coefficient (Wildman–Crippen LogP) is 2.06. The molecule has 0 fully saturated rings. The zero-order valence-electron chi connectivity index (χ0n) is 9.87. The van der Waals surface area contributed by atoms with Crippen LogP contribution in [0.5, 0.6) is 0 Å². The van der Waals surface area contributed by atoms with E-state index in [0.717, 1.165) is 11.3 Å². The maximum Gasteiger partial charge on any atom is 0.331 e. The molecule has 0 amide bonds. The van der Waals surface area contributed by atoms with E-state index in [-0.39, 0.29) is 5.97 Å². The van der Waals surface area contributed by atoms with E-state index in [2.05, 4.69) is 18.3 Å². The molecule has 2 heterocycles. The molecule has 4 heteroatoms. The second kappa shape index (κ2) is 4.18. The van der Waals surface area contributed by atoms with Gasteiger partial charge in [-0.1, -0.05) is 0 Å². The molecule has 0 aliphatic carbocycles. The monoisotopic (exact) mass is 239 g/mol. The highest BCUT2D eigenvalue weighted by Gasteiger charge is 2.43. The zero-order valence-corrected chi connectivity index (χ0v) is 10.7. The summed E-state index contributed by atoms with van der Waals surface area (Å²) in [5, 5.41) is 5.40. The Labute approximate surface area is 99.8 Å². The quantitative estimate of drug-likeness (QED) is 0.803. The van der Waals surface area contributed by atoms with Crippen molar-refractivity contribution in [2.45, 2.75) is 38.8 Å². The standard InChI is InChI=1S/C12H17NO2S/c1-4-15-11(14)12(3)10-9(5-6-16-10)7-8(2)13-12/h5-6,8,13H,4,7H2,1-3H3/t8-,12-/m1/s1. The molecule has 0 saturated heterocycles. The van der Waals surface area contributed by atoms with Crippen LogP contribution in [-0.2, 0) is 21.5 Å². The van der Waals surface area contributed by atoms with Gasteiger partial charge in [0.25, 0.3) is 0 Å². The topological polar surface area (TPSA) is 38.3 Å². The first-order chi connectivity index (χ1) is 7.58. The summed E-state index contributed by atoms with van der Waals surface area (Å²) in [6.07, 6.45) is 0.980. The van der Waals surface area contributed by atoms with Crippen LogP contribution < -0.4 is 5.32 Å². The second-order valence-corrected chi connectivity index (χ2v) is 5.29. The van der Waals surface area contributed by atoms with Gasteiger partial charge < -0.3 is 4.74 Å². The van der Waals surface area contributed by atoms with E-state index < -0.39 is 5.54 Å². The van der Waals surface area contributed by atoms with E-state index in [1.807, 2.05) is 19.2 Å². The van der Waals surface area contributed by atoms with Crippen molar-refractivity contribution in [2.24, 2.45) is 0 Å². The number of hydrogen-bond acceptors (Lipinski definition) is 4. The molecule has 1 aromatic rings. The fraction of sp³-hybridized carbons (Fsp3) is 0.583. The average Bonchev–Trinajstić information content (AvgIpc) is 2.66. The molecular weight excluding hydrogens is 222 g/mol. The molecule has 1 aliphatic rings. The number of fused-ring (bicyclic) bond motifs is 1. The van der Waals surface area contributed by atoms with E-state index in [1.54, 1.807) is 11.3 Å². The smallest absolute Gasteiger partial charge is 0.331 e. The molecule has 0 bridgehead atoms. The van der Waals surface area contributed by atoms with Crippen molar-refractivity contribution >= 4 is 17.3 Å². The van der Waals surface area contributed by atoms with Crippen LogP contribution in [0.3, 0.4) is 0 Å². The van der Waals surface area contributed by atoms with Crippen LogP contribution in [-0.4, -0.2) is 18.6 Å². The summed E-state index contributed by atoms with van der Waals surface area (Å²) in [5.41, 5.74) is 0.601. The number of carbonyl (C=O) groups excluding carboxylic acids is 1. The Hall–Kier alpha value is -0.870. The number of thiophene rings is 1. The van der Waals surface area contributed by atoms with Gasteiger partial charge in [0.1, 0.15) is 5.54 Å². The number of carbonyl (C=O) groups is 1. The summed E-state index contributed by atoms with van der Waals surface area (Å²) in [4.78, 5) is 13.1. The van der Waals surface area contributed by atoms with Crippen molar-refractivity contribution in [2.75, 3.05) is 6.61 Å². The SMILES string of the molecule is CCOC(=O)[C@]1(C)N[C@H](C)Cc2ccsc21. The lowest BCUT2D eigenvalue weighted by Crippen LogP contribution is -2.54. The summed E-state index contributed by atoms with van der Waals surface area (Å²) in [5.74, 6) is -0.176. The van der Waals surface area contributed by atoms with Gasteiger partial charge in [0.15, 0.2) is 0 Å². The van der Waals surface area contributed by atoms with Crippen molar-refractivity contribution in [1.82, 2.24) is 5.32 Å². The third-order valence-electron chi connectivity index (χ3n) is 2.95. The number of nitrogens with one attached hydrogen (secondary N) is 1. The van der Waals surface area contributed by atoms with E-state index in [0.29, 0.717) is 12.6 Å². The Bertz CT molecular complexity index is 401. The van der Waals surface area contributed by atoms with Crippen molar-refractivity contribution in [3.05, 3.63) is 21.9 Å². The van der Waals surface area contributed by atoms with Crippen LogP contribution in [0.25, 0.3) is 0 Å². The fourth-order valence-electron chi connectivity index (χ4n) is 2.30. The van der Waals surface area contributed by atoms with Crippen LogP contribution in [0.1, 0.15) is 31.2 Å². The molecule has 16 heavy (non-hydrogen) atoms. The number of ether oxygens (including phenoxy) is 1. The number of rotatable bonds is 2. The van der Waals surface area contributed by atoms with Crippen molar-refractivity contribution in [3.63, 3.8) is 0 Å². The third-order valence-corrected chi connectivity index (χ3v) is 4.12. The average molecular weight is 239 g/mol. The number of hydrogen-bond donors (Lipinski definition) is 1. The highest BCUT2D eigenvalue weighted by atomic mass is 32.1. The Morgan fingerprint density at radius 1 is 1.75 bits per heavy atom. The Balaban J connectivity index is 2.38. The van der Waals surface area contributed by atoms with Crippen molar-refractivity contribution in [1.29, 1.82) is 0 Å². The van der Waals surface area contributed by atoms with Gasteiger partial charge >= 0.3 is 5.97 Å². The van der Waals surface area contributed by atoms with Crippen LogP contribution in [0.15, 0.2) is 11.4 Å². The lowest BCUT2D eigenvalue weighted by Gasteiger charge is -2.36. The Morgan fingerprint density at radius 3 is 3.19 bits per heavy atom. The molecule has 0 spiro atoms. The first-order valence-electron chi connectivity index (χ1n) is 5.59. The van der Waals surface area contributed by atoms with Gasteiger partial charge in [-0.2, -0.15) is 0 Å². The highest BCUT2D eigenvalue weighted by Crippen LogP contribution is 2.35. The first kappa shape index (κ1) is 11.6. The van der Waals surface area contributed by atoms with Crippen molar-refractivity contribution in [3.8, 4) is 0 Å². The van der Waals surface area contributed by atoms with Crippen LogP contribution in [0.2, 0.25) is 0 Å². The normalized spacial score (nSPS) is 28.6. The summed E-state index contributed by atoms with van der Waals surface area (Å²) < 4.78 is 5.16. The summed E-state index contributed by atoms with van der Waals surface area (Å²) in [6, 6.07) is 2.41. The molecule has 0 unspecified atom stereocenters. The first-order valence-corrected chi connectivity index (χ1v) is 6.47. The summed E-state index contributed by atoms with van der Waals surface area (Å²) in [7, 11) is 0. The minimum atomic E-state index is -0.669. The van der Waals surface area contributed by atoms with Gasteiger partial charge in [-0.3, -0.25) is 5.32 Å². The fourth-order valence-corrected chi connectivity index (χ4v) is 3.35. The van der Waals surface area contributed by atoms with Gasteiger partial charge in [-0.25, -0.2) is 4.79 Å². The zero-order chi connectivity index (χ0) is 11.8. The molecular formula is C12H17NO2S. The molecule has 1 N–H and O–H groups in total. The minimum absolute atomic E-state index is 0.176. The minimum Gasteiger partial charge on any atom is -0.464 e. The summed E-state index contributed by atoms with van der Waals surface area (Å²) in [6.45, 7) is 6.27. The Kier molecular flexibility index (Phi) is 3.04. The van der Waals surface area contributed by atoms with E-state index in [9.17, 15) is 4.79 Å². The van der Waals surface area contributed by atoms with E-state index in [1.165, 1.54) is 5.56 Å². The molecule has 1 aliphatic heterocycles. The van der Waals surface area contributed by atoms with Gasteiger partial charge in [-0.15, -0.1) is 11.3 Å². The maximum atomic E-state index is 12.0. The van der Waals surface area contributed by atoms with Gasteiger partial charge in [0.2, 0.25) is 0 Å². The van der Waals surface area contributed by atoms with Crippen molar-refractivity contribution < 1.29 is 9.53 Å². The molecule has 88 valence electrons. The van der Waals surface area contributed by atoms with E-state index >= 15 is 0 Å². The van der Waals surface area contributed by atoms with Gasteiger partial charge in [0.05, 0.1) is 6.61 Å². The van der Waals surface area contributed by atoms with Gasteiger partial charge in [0, 0.05) is 10.9 Å². The van der Waals surface area contributed by atoms with Crippen LogP contribution >= 0.6 is 11.3 Å².